The average molecular weight is 724 g/mol. The first-order valence-corrected chi connectivity index (χ1v) is 18.1. The van der Waals surface area contributed by atoms with E-state index in [-0.39, 0.29) is 36.5 Å². The molecule has 52 heavy (non-hydrogen) atoms. The Morgan fingerprint density at radius 3 is 2.42 bits per heavy atom. The van der Waals surface area contributed by atoms with Gasteiger partial charge in [-0.25, -0.2) is 0 Å². The summed E-state index contributed by atoms with van der Waals surface area (Å²) in [6.45, 7) is 11.5. The van der Waals surface area contributed by atoms with Gasteiger partial charge < -0.3 is 50.3 Å². The van der Waals surface area contributed by atoms with Gasteiger partial charge in [0.25, 0.3) is 5.91 Å². The number of aliphatic hydroxyl groups excluding tert-OH is 1. The molecule has 0 bridgehead atoms. The lowest BCUT2D eigenvalue weighted by molar-refractivity contribution is -0.294. The largest absolute Gasteiger partial charge is 0.491 e. The zero-order valence-corrected chi connectivity index (χ0v) is 32.0. The molecule has 1 amide bonds. The van der Waals surface area contributed by atoms with Gasteiger partial charge in [0.05, 0.1) is 25.9 Å². The predicted octanol–water partition coefficient (Wildman–Crippen LogP) is 4.72. The number of methoxy groups -OCH3 is 1. The summed E-state index contributed by atoms with van der Waals surface area (Å²) in [5, 5.41) is 29.1. The highest BCUT2D eigenvalue weighted by molar-refractivity contribution is 5.92. The number of hydrogen-bond donors (Lipinski definition) is 5. The van der Waals surface area contributed by atoms with Crippen LogP contribution in [0.4, 0.5) is 0 Å². The Morgan fingerprint density at radius 1 is 0.981 bits per heavy atom. The Morgan fingerprint density at radius 2 is 1.71 bits per heavy atom. The van der Waals surface area contributed by atoms with E-state index in [4.69, 9.17) is 29.4 Å². The molecule has 0 radical (unpaired) electrons. The first kappa shape index (κ1) is 43.0. The van der Waals surface area contributed by atoms with Crippen molar-refractivity contribution in [3.63, 3.8) is 0 Å². The number of likely N-dealkylation sites (N-methyl/N-ethyl adjacent to an activating group) is 1. The maximum atomic E-state index is 12.9. The summed E-state index contributed by atoms with van der Waals surface area (Å²) in [5.74, 6) is -0.0864. The minimum Gasteiger partial charge on any atom is -0.491 e. The highest BCUT2D eigenvalue weighted by Crippen LogP contribution is 2.28. The number of rotatable bonds is 6. The van der Waals surface area contributed by atoms with Gasteiger partial charge in [0, 0.05) is 12.1 Å². The highest BCUT2D eigenvalue weighted by atomic mass is 16.7. The summed E-state index contributed by atoms with van der Waals surface area (Å²) in [6.07, 6.45) is 23.9. The molecule has 10 unspecified atom stereocenters. The van der Waals surface area contributed by atoms with Crippen molar-refractivity contribution in [1.29, 1.82) is 0 Å². The Balaban J connectivity index is 1.86. The summed E-state index contributed by atoms with van der Waals surface area (Å²) in [5.41, 5.74) is 7.48. The smallest absolute Gasteiger partial charge is 0.286 e. The quantitative estimate of drug-likeness (QED) is 0.260. The number of nitrogens with two attached hydrogens (primary N) is 1. The van der Waals surface area contributed by atoms with Crippen molar-refractivity contribution in [1.82, 2.24) is 10.6 Å². The van der Waals surface area contributed by atoms with Crippen molar-refractivity contribution in [2.24, 2.45) is 5.73 Å². The van der Waals surface area contributed by atoms with E-state index in [1.165, 1.54) is 7.11 Å². The topological polar surface area (TPSA) is 154 Å². The molecule has 3 heterocycles. The van der Waals surface area contributed by atoms with Crippen LogP contribution in [0.15, 0.2) is 108 Å². The van der Waals surface area contributed by atoms with E-state index in [0.29, 0.717) is 12.8 Å². The third kappa shape index (κ3) is 13.9. The molecule has 0 saturated carbocycles. The van der Waals surface area contributed by atoms with Crippen LogP contribution in [0.3, 0.4) is 0 Å². The Hall–Kier alpha value is -3.39. The zero-order valence-electron chi connectivity index (χ0n) is 32.0. The number of nitrogens with one attached hydrogen (secondary N) is 2. The maximum Gasteiger partial charge on any atom is 0.286 e. The Bertz CT molecular complexity index is 1440. The summed E-state index contributed by atoms with van der Waals surface area (Å²) in [7, 11) is 3.18. The molecule has 0 aromatic heterocycles. The van der Waals surface area contributed by atoms with Gasteiger partial charge in [0.2, 0.25) is 0 Å². The van der Waals surface area contributed by atoms with E-state index in [1.807, 2.05) is 77.2 Å². The van der Waals surface area contributed by atoms with Crippen LogP contribution in [0.5, 0.6) is 0 Å². The van der Waals surface area contributed by atoms with Crippen LogP contribution >= 0.6 is 0 Å². The van der Waals surface area contributed by atoms with Gasteiger partial charge in [0.1, 0.15) is 23.9 Å². The molecule has 0 aromatic carbocycles. The molecule has 3 aliphatic heterocycles. The molecule has 10 atom stereocenters. The number of aliphatic hydroxyl groups is 2. The van der Waals surface area contributed by atoms with Gasteiger partial charge in [-0.3, -0.25) is 4.79 Å². The van der Waals surface area contributed by atoms with Gasteiger partial charge in [0.15, 0.2) is 18.3 Å². The molecule has 3 aliphatic rings. The van der Waals surface area contributed by atoms with Crippen LogP contribution in [0.1, 0.15) is 60.8 Å². The third-order valence-electron chi connectivity index (χ3n) is 9.15. The minimum atomic E-state index is -1.48. The number of amides is 1. The summed E-state index contributed by atoms with van der Waals surface area (Å²) in [4.78, 5) is 12.9. The van der Waals surface area contributed by atoms with Crippen molar-refractivity contribution < 1.29 is 38.7 Å². The van der Waals surface area contributed by atoms with Crippen LogP contribution in [0.2, 0.25) is 0 Å². The first-order chi connectivity index (χ1) is 24.7. The maximum absolute atomic E-state index is 12.9. The summed E-state index contributed by atoms with van der Waals surface area (Å²) in [6, 6.07) is -0.797. The zero-order chi connectivity index (χ0) is 38.3. The van der Waals surface area contributed by atoms with Gasteiger partial charge in [-0.05, 0) is 79.5 Å². The molecule has 2 saturated heterocycles. The van der Waals surface area contributed by atoms with E-state index < -0.39 is 42.5 Å². The lowest BCUT2D eigenvalue weighted by Crippen LogP contribution is -2.62. The summed E-state index contributed by atoms with van der Waals surface area (Å²) < 4.78 is 29.9. The number of allylic oxidation sites excluding steroid dienone is 14. The van der Waals surface area contributed by atoms with Crippen LogP contribution in [0.25, 0.3) is 0 Å². The number of ether oxygens (including phenoxy) is 5. The molecule has 0 aliphatic carbocycles. The molecular weight excluding hydrogens is 662 g/mol. The lowest BCUT2D eigenvalue weighted by atomic mass is 9.96. The first-order valence-electron chi connectivity index (χ1n) is 18.1. The third-order valence-corrected chi connectivity index (χ3v) is 9.15. The van der Waals surface area contributed by atoms with Gasteiger partial charge in [-0.15, -0.1) is 0 Å². The molecule has 288 valence electrons. The lowest BCUT2D eigenvalue weighted by Gasteiger charge is -2.43. The second-order valence-electron chi connectivity index (χ2n) is 13.9. The van der Waals surface area contributed by atoms with Crippen LogP contribution in [-0.4, -0.2) is 97.6 Å². The standard InChI is InChI=1S/C41H61N3O8/c1-27-15-11-12-19-35(52-40-37(43-7)38(45)34(26-49-40)51-36-23-22-32(42)31(5)50-36)41(6,47)24-13-9-10-16-29(3)25-33(48-8)39(46)44-30(4)21-20-28(2)18-14-17-27/h9-20,24-25,30-32,34-38,40,43,45,47H,21-23,26,42H2,1-8H3,(H,44,46). The van der Waals surface area contributed by atoms with E-state index in [1.54, 1.807) is 50.4 Å². The fourth-order valence-electron chi connectivity index (χ4n) is 5.78. The highest BCUT2D eigenvalue weighted by Gasteiger charge is 2.44. The Kier molecular flexibility index (Phi) is 17.7. The van der Waals surface area contributed by atoms with Crippen molar-refractivity contribution in [2.75, 3.05) is 20.8 Å². The summed E-state index contributed by atoms with van der Waals surface area (Å²) >= 11 is 0. The molecule has 3 rings (SSSR count). The van der Waals surface area contributed by atoms with Crippen molar-refractivity contribution in [3.8, 4) is 0 Å². The molecular formula is C41H61N3O8. The molecule has 11 nitrogen and oxygen atoms in total. The number of carbonyl (C=O) groups is 1. The van der Waals surface area contributed by atoms with Crippen molar-refractivity contribution in [3.05, 3.63) is 108 Å². The van der Waals surface area contributed by atoms with Crippen LogP contribution in [0, 0.1) is 0 Å². The second-order valence-corrected chi connectivity index (χ2v) is 13.9. The Labute approximate surface area is 310 Å². The monoisotopic (exact) mass is 723 g/mol. The van der Waals surface area contributed by atoms with Gasteiger partial charge in [-0.1, -0.05) is 90.1 Å². The average Bonchev–Trinajstić information content (AvgIpc) is 3.09. The second kappa shape index (κ2) is 21.3. The van der Waals surface area contributed by atoms with Crippen LogP contribution < -0.4 is 16.4 Å². The van der Waals surface area contributed by atoms with E-state index in [9.17, 15) is 15.0 Å². The van der Waals surface area contributed by atoms with Crippen LogP contribution in [-0.2, 0) is 28.5 Å². The van der Waals surface area contributed by atoms with E-state index in [0.717, 1.165) is 23.1 Å². The molecule has 0 spiro atoms. The normalized spacial score (nSPS) is 34.8. The molecule has 6 N–H and O–H groups in total. The fourth-order valence-corrected chi connectivity index (χ4v) is 5.78. The molecule has 0 aromatic rings. The van der Waals surface area contributed by atoms with Gasteiger partial charge >= 0.3 is 0 Å². The van der Waals surface area contributed by atoms with E-state index in [2.05, 4.69) is 16.7 Å². The number of hydrogen-bond acceptors (Lipinski definition) is 10. The van der Waals surface area contributed by atoms with E-state index >= 15 is 0 Å². The van der Waals surface area contributed by atoms with Crippen molar-refractivity contribution >= 4 is 5.91 Å². The SMILES string of the molecule is CNC1C(OC2C=CC=CC(C)=CC=CC(C)=CCC(C)NC(=O)C(OC)=CC(C)=CC=CC=CC2(C)O)OCC(OC2CCC(N)C(C)O2)C1O. The molecule has 11 heteroatoms. The van der Waals surface area contributed by atoms with Gasteiger partial charge in [-0.2, -0.15) is 0 Å². The number of carbonyl (C=O) groups excluding carboxylic acids is 1. The van der Waals surface area contributed by atoms with Crippen molar-refractivity contribution in [2.45, 2.75) is 122 Å². The predicted molar refractivity (Wildman–Crippen MR) is 205 cm³/mol. The minimum absolute atomic E-state index is 0.0509. The molecule has 2 fully saturated rings. The fraction of sp³-hybridized carbons (Fsp3) is 0.537.